The van der Waals surface area contributed by atoms with Gasteiger partial charge in [-0.25, -0.2) is 4.98 Å². The van der Waals surface area contributed by atoms with Crippen molar-refractivity contribution in [2.75, 3.05) is 0 Å². The van der Waals surface area contributed by atoms with Crippen molar-refractivity contribution in [3.8, 4) is 5.69 Å². The molecule has 2 aromatic heterocycles. The summed E-state index contributed by atoms with van der Waals surface area (Å²) in [6.45, 7) is 1.86. The molecule has 0 saturated carbocycles. The second-order valence-electron chi connectivity index (χ2n) is 5.21. The maximum absolute atomic E-state index is 12.1. The first-order valence-corrected chi connectivity index (χ1v) is 6.97. The van der Waals surface area contributed by atoms with Crippen LogP contribution in [-0.2, 0) is 6.54 Å². The monoisotopic (exact) mass is 310 g/mol. The van der Waals surface area contributed by atoms with Crippen molar-refractivity contribution in [3.05, 3.63) is 86.8 Å². The first kappa shape index (κ1) is 14.7. The quantitative estimate of drug-likeness (QED) is 0.547. The predicted octanol–water partition coefficient (Wildman–Crippen LogP) is 2.30. The van der Waals surface area contributed by atoms with E-state index in [-0.39, 0.29) is 17.8 Å². The third kappa shape index (κ3) is 3.03. The highest BCUT2D eigenvalue weighted by Crippen LogP contribution is 2.13. The smallest absolute Gasteiger partial charge is 0.286 e. The van der Waals surface area contributed by atoms with Gasteiger partial charge in [0.15, 0.2) is 0 Å². The molecule has 0 aliphatic carbocycles. The van der Waals surface area contributed by atoms with Crippen molar-refractivity contribution in [2.45, 2.75) is 13.5 Å². The first-order valence-electron chi connectivity index (χ1n) is 6.97. The molecule has 116 valence electrons. The third-order valence-corrected chi connectivity index (χ3v) is 3.55. The van der Waals surface area contributed by atoms with Crippen molar-refractivity contribution in [1.29, 1.82) is 0 Å². The second-order valence-corrected chi connectivity index (χ2v) is 5.21. The lowest BCUT2D eigenvalue weighted by molar-refractivity contribution is -0.385. The minimum absolute atomic E-state index is 0.0860. The van der Waals surface area contributed by atoms with E-state index in [4.69, 9.17) is 0 Å². The molecule has 0 aliphatic heterocycles. The van der Waals surface area contributed by atoms with Gasteiger partial charge in [0.2, 0.25) is 0 Å². The van der Waals surface area contributed by atoms with Crippen LogP contribution in [0.4, 0.5) is 5.69 Å². The van der Waals surface area contributed by atoms with E-state index >= 15 is 0 Å². The maximum atomic E-state index is 12.1. The van der Waals surface area contributed by atoms with Crippen LogP contribution in [0, 0.1) is 17.0 Å². The fraction of sp³-hybridized carbons (Fsp3) is 0.125. The molecule has 0 bridgehead atoms. The van der Waals surface area contributed by atoms with E-state index in [9.17, 15) is 14.9 Å². The highest BCUT2D eigenvalue weighted by molar-refractivity contribution is 5.35. The molecule has 2 heterocycles. The summed E-state index contributed by atoms with van der Waals surface area (Å²) in [6.07, 6.45) is 6.51. The Morgan fingerprint density at radius 2 is 2.00 bits per heavy atom. The van der Waals surface area contributed by atoms with Crippen molar-refractivity contribution in [3.63, 3.8) is 0 Å². The van der Waals surface area contributed by atoms with Crippen LogP contribution < -0.4 is 5.56 Å². The van der Waals surface area contributed by atoms with Crippen LogP contribution in [0.1, 0.15) is 11.1 Å². The minimum Gasteiger partial charge on any atom is -0.306 e. The van der Waals surface area contributed by atoms with Crippen molar-refractivity contribution < 1.29 is 4.92 Å². The molecule has 7 heteroatoms. The van der Waals surface area contributed by atoms with E-state index < -0.39 is 4.92 Å². The molecule has 1 aromatic carbocycles. The predicted molar refractivity (Wildman–Crippen MR) is 84.8 cm³/mol. The number of aromatic nitrogens is 3. The lowest BCUT2D eigenvalue weighted by Gasteiger charge is -2.08. The lowest BCUT2D eigenvalue weighted by Crippen LogP contribution is -2.22. The van der Waals surface area contributed by atoms with E-state index in [2.05, 4.69) is 4.98 Å². The van der Waals surface area contributed by atoms with Crippen molar-refractivity contribution >= 4 is 5.69 Å². The van der Waals surface area contributed by atoms with Crippen LogP contribution in [-0.4, -0.2) is 19.0 Å². The number of nitrogens with zero attached hydrogens (tertiary/aromatic N) is 4. The zero-order chi connectivity index (χ0) is 16.4. The molecule has 0 atom stereocenters. The summed E-state index contributed by atoms with van der Waals surface area (Å²) in [6, 6.07) is 8.88. The second kappa shape index (κ2) is 5.88. The van der Waals surface area contributed by atoms with Crippen LogP contribution in [0.5, 0.6) is 0 Å². The fourth-order valence-corrected chi connectivity index (χ4v) is 2.36. The van der Waals surface area contributed by atoms with E-state index in [1.165, 1.54) is 16.8 Å². The molecular formula is C16H14N4O3. The number of hydrogen-bond donors (Lipinski definition) is 0. The van der Waals surface area contributed by atoms with Crippen LogP contribution in [0.25, 0.3) is 5.69 Å². The van der Waals surface area contributed by atoms with Gasteiger partial charge in [0.05, 0.1) is 24.0 Å². The summed E-state index contributed by atoms with van der Waals surface area (Å²) in [7, 11) is 0. The van der Waals surface area contributed by atoms with Gasteiger partial charge in [0.25, 0.3) is 11.2 Å². The average molecular weight is 310 g/mol. The number of aryl methyl sites for hydroxylation is 1. The van der Waals surface area contributed by atoms with Crippen molar-refractivity contribution in [2.24, 2.45) is 0 Å². The highest BCUT2D eigenvalue weighted by Gasteiger charge is 2.11. The Balaban J connectivity index is 1.90. The highest BCUT2D eigenvalue weighted by atomic mass is 16.6. The van der Waals surface area contributed by atoms with E-state index in [1.54, 1.807) is 19.4 Å². The summed E-state index contributed by atoms with van der Waals surface area (Å²) in [5, 5.41) is 10.9. The molecule has 3 aromatic rings. The van der Waals surface area contributed by atoms with Gasteiger partial charge in [-0.1, -0.05) is 12.1 Å². The molecule has 7 nitrogen and oxygen atoms in total. The van der Waals surface area contributed by atoms with Crippen LogP contribution in [0.3, 0.4) is 0 Å². The van der Waals surface area contributed by atoms with Gasteiger partial charge in [-0.2, -0.15) is 0 Å². The Morgan fingerprint density at radius 3 is 2.61 bits per heavy atom. The Labute approximate surface area is 131 Å². The average Bonchev–Trinajstić information content (AvgIpc) is 3.06. The zero-order valence-corrected chi connectivity index (χ0v) is 12.4. The van der Waals surface area contributed by atoms with Gasteiger partial charge in [-0.15, -0.1) is 0 Å². The standard InChI is InChI=1S/C16H14N4O3/c1-12-8-15(20(22)23)10-19(16(12)21)9-13-2-4-14(5-3-13)18-7-6-17-11-18/h2-8,10-11H,9H2,1H3. The maximum Gasteiger partial charge on any atom is 0.286 e. The molecular weight excluding hydrogens is 296 g/mol. The molecule has 23 heavy (non-hydrogen) atoms. The summed E-state index contributed by atoms with van der Waals surface area (Å²) in [4.78, 5) is 26.6. The summed E-state index contributed by atoms with van der Waals surface area (Å²) in [5.74, 6) is 0. The van der Waals surface area contributed by atoms with Gasteiger partial charge < -0.3 is 9.13 Å². The SMILES string of the molecule is Cc1cc([N+](=O)[O-])cn(Cc2ccc(-n3ccnc3)cc2)c1=O. The van der Waals surface area contributed by atoms with Gasteiger partial charge in [0, 0.05) is 29.7 Å². The van der Waals surface area contributed by atoms with E-state index in [0.29, 0.717) is 5.56 Å². The molecule has 0 N–H and O–H groups in total. The number of pyridine rings is 1. The normalized spacial score (nSPS) is 10.7. The van der Waals surface area contributed by atoms with Crippen LogP contribution in [0.2, 0.25) is 0 Å². The fourth-order valence-electron chi connectivity index (χ4n) is 2.36. The number of hydrogen-bond acceptors (Lipinski definition) is 4. The third-order valence-electron chi connectivity index (χ3n) is 3.55. The molecule has 0 aliphatic rings. The van der Waals surface area contributed by atoms with E-state index in [1.807, 2.05) is 35.0 Å². The van der Waals surface area contributed by atoms with Gasteiger partial charge in [-0.05, 0) is 24.6 Å². The largest absolute Gasteiger partial charge is 0.306 e. The molecule has 3 rings (SSSR count). The van der Waals surface area contributed by atoms with Gasteiger partial charge in [0.1, 0.15) is 0 Å². The number of benzene rings is 1. The van der Waals surface area contributed by atoms with Gasteiger partial charge >= 0.3 is 0 Å². The Kier molecular flexibility index (Phi) is 3.76. The number of nitro groups is 1. The van der Waals surface area contributed by atoms with Crippen LogP contribution in [0.15, 0.2) is 60.0 Å². The molecule has 0 spiro atoms. The van der Waals surface area contributed by atoms with Gasteiger partial charge in [-0.3, -0.25) is 14.9 Å². The number of rotatable bonds is 4. The van der Waals surface area contributed by atoms with Crippen LogP contribution >= 0.6 is 0 Å². The first-order chi connectivity index (χ1) is 11.0. The lowest BCUT2D eigenvalue weighted by atomic mass is 10.2. The zero-order valence-electron chi connectivity index (χ0n) is 12.4. The molecule has 0 unspecified atom stereocenters. The summed E-state index contributed by atoms with van der Waals surface area (Å²) in [5.41, 5.74) is 1.88. The molecule has 0 amide bonds. The topological polar surface area (TPSA) is 83.0 Å². The van der Waals surface area contributed by atoms with Crippen molar-refractivity contribution in [1.82, 2.24) is 14.1 Å². The van der Waals surface area contributed by atoms with E-state index in [0.717, 1.165) is 11.3 Å². The molecule has 0 fully saturated rings. The minimum atomic E-state index is -0.495. The summed E-state index contributed by atoms with van der Waals surface area (Å²) >= 11 is 0. The summed E-state index contributed by atoms with van der Waals surface area (Å²) < 4.78 is 3.23. The molecule has 0 radical (unpaired) electrons. The Morgan fingerprint density at radius 1 is 1.26 bits per heavy atom. The Bertz CT molecular complexity index is 896. The molecule has 0 saturated heterocycles. The Hall–Kier alpha value is -3.22. The number of imidazole rings is 1.